The number of anilines is 1. The van der Waals surface area contributed by atoms with Crippen molar-refractivity contribution in [2.24, 2.45) is 5.92 Å². The number of rotatable bonds is 7. The number of amides is 1. The number of hydrogen-bond donors (Lipinski definition) is 0. The van der Waals surface area contributed by atoms with Crippen LogP contribution < -0.4 is 14.4 Å². The van der Waals surface area contributed by atoms with Gasteiger partial charge < -0.3 is 19.3 Å². The lowest BCUT2D eigenvalue weighted by Gasteiger charge is -2.32. The molecule has 0 aliphatic carbocycles. The summed E-state index contributed by atoms with van der Waals surface area (Å²) in [4.78, 5) is 25.9. The predicted octanol–water partition coefficient (Wildman–Crippen LogP) is 3.38. The van der Waals surface area contributed by atoms with Crippen LogP contribution in [-0.2, 0) is 11.3 Å². The number of methoxy groups -OCH3 is 2. The molecule has 0 radical (unpaired) electrons. The molecule has 162 valence electrons. The highest BCUT2D eigenvalue weighted by atomic mass is 16.5. The van der Waals surface area contributed by atoms with Crippen LogP contribution in [0.1, 0.15) is 36.2 Å². The number of ether oxygens (including phenoxy) is 2. The van der Waals surface area contributed by atoms with Crippen molar-refractivity contribution in [3.05, 3.63) is 41.2 Å². The number of nitrogens with zero attached hydrogens (tertiary/aromatic N) is 4. The molecule has 1 aliphatic heterocycles. The van der Waals surface area contributed by atoms with Crippen LogP contribution in [0.4, 0.5) is 5.95 Å². The summed E-state index contributed by atoms with van der Waals surface area (Å²) in [6.07, 6.45) is 2.53. The van der Waals surface area contributed by atoms with Gasteiger partial charge >= 0.3 is 0 Å². The lowest BCUT2D eigenvalue weighted by Crippen LogP contribution is -2.37. The van der Waals surface area contributed by atoms with Crippen LogP contribution in [0.25, 0.3) is 0 Å². The van der Waals surface area contributed by atoms with E-state index in [1.165, 1.54) is 0 Å². The first kappa shape index (κ1) is 21.9. The molecular weight excluding hydrogens is 380 g/mol. The first-order valence-electron chi connectivity index (χ1n) is 10.4. The summed E-state index contributed by atoms with van der Waals surface area (Å²) in [5.41, 5.74) is 3.00. The van der Waals surface area contributed by atoms with Gasteiger partial charge in [-0.15, -0.1) is 0 Å². The molecule has 0 atom stereocenters. The largest absolute Gasteiger partial charge is 0.493 e. The number of hydrogen-bond acceptors (Lipinski definition) is 6. The van der Waals surface area contributed by atoms with Crippen molar-refractivity contribution >= 4 is 11.9 Å². The fourth-order valence-corrected chi connectivity index (χ4v) is 3.93. The number of benzene rings is 1. The van der Waals surface area contributed by atoms with Gasteiger partial charge in [0.15, 0.2) is 11.5 Å². The van der Waals surface area contributed by atoms with E-state index < -0.39 is 0 Å². The van der Waals surface area contributed by atoms with E-state index in [0.29, 0.717) is 30.4 Å². The quantitative estimate of drug-likeness (QED) is 0.695. The Labute approximate surface area is 179 Å². The minimum atomic E-state index is 0.172. The van der Waals surface area contributed by atoms with Gasteiger partial charge in [-0.2, -0.15) is 0 Å². The summed E-state index contributed by atoms with van der Waals surface area (Å²) in [5.74, 6) is 2.74. The summed E-state index contributed by atoms with van der Waals surface area (Å²) in [7, 11) is 5.09. The lowest BCUT2D eigenvalue weighted by atomic mass is 9.93. The average molecular weight is 413 g/mol. The van der Waals surface area contributed by atoms with Crippen LogP contribution in [-0.4, -0.2) is 55.1 Å². The minimum Gasteiger partial charge on any atom is -0.493 e. The predicted molar refractivity (Wildman–Crippen MR) is 117 cm³/mol. The van der Waals surface area contributed by atoms with Gasteiger partial charge in [-0.1, -0.05) is 6.07 Å². The molecule has 1 aromatic heterocycles. The Bertz CT molecular complexity index is 858. The third-order valence-electron chi connectivity index (χ3n) is 5.62. The summed E-state index contributed by atoms with van der Waals surface area (Å²) >= 11 is 0. The van der Waals surface area contributed by atoms with Gasteiger partial charge in [0.25, 0.3) is 0 Å². The first-order valence-corrected chi connectivity index (χ1v) is 10.4. The molecule has 0 spiro atoms. The zero-order valence-electron chi connectivity index (χ0n) is 18.6. The second-order valence-corrected chi connectivity index (χ2v) is 8.02. The number of aryl methyl sites for hydroxylation is 2. The molecular formula is C23H32N4O3. The van der Waals surface area contributed by atoms with Crippen molar-refractivity contribution in [2.45, 2.75) is 39.7 Å². The summed E-state index contributed by atoms with van der Waals surface area (Å²) in [6, 6.07) is 7.75. The van der Waals surface area contributed by atoms with Crippen LogP contribution in [0.5, 0.6) is 11.5 Å². The van der Waals surface area contributed by atoms with Crippen LogP contribution in [0.3, 0.4) is 0 Å². The van der Waals surface area contributed by atoms with E-state index in [2.05, 4.69) is 14.9 Å². The molecule has 1 aromatic carbocycles. The van der Waals surface area contributed by atoms with Crippen LogP contribution >= 0.6 is 0 Å². The topological polar surface area (TPSA) is 67.8 Å². The Morgan fingerprint density at radius 2 is 1.70 bits per heavy atom. The van der Waals surface area contributed by atoms with Crippen molar-refractivity contribution < 1.29 is 14.3 Å². The first-order chi connectivity index (χ1) is 14.4. The van der Waals surface area contributed by atoms with Crippen molar-refractivity contribution in [1.29, 1.82) is 0 Å². The second-order valence-electron chi connectivity index (χ2n) is 8.02. The van der Waals surface area contributed by atoms with Crippen LogP contribution in [0.2, 0.25) is 0 Å². The number of aromatic nitrogens is 2. The average Bonchev–Trinajstić information content (AvgIpc) is 2.73. The zero-order valence-corrected chi connectivity index (χ0v) is 18.6. The Morgan fingerprint density at radius 3 is 2.30 bits per heavy atom. The molecule has 1 amide bonds. The standard InChI is InChI=1S/C23H32N4O3/c1-16-12-17(2)25-23(24-16)27-10-8-18(9-11-27)14-22(28)26(3)15-19-6-7-20(29-4)21(13-19)30-5/h6-7,12-13,18H,8-11,14-15H2,1-5H3. The third kappa shape index (κ3) is 5.40. The summed E-state index contributed by atoms with van der Waals surface area (Å²) in [5, 5.41) is 0. The fourth-order valence-electron chi connectivity index (χ4n) is 3.93. The summed E-state index contributed by atoms with van der Waals surface area (Å²) in [6.45, 7) is 6.32. The molecule has 2 aromatic rings. The lowest BCUT2D eigenvalue weighted by molar-refractivity contribution is -0.131. The zero-order chi connectivity index (χ0) is 21.7. The van der Waals surface area contributed by atoms with E-state index in [-0.39, 0.29) is 5.91 Å². The number of carbonyl (C=O) groups excluding carboxylic acids is 1. The number of carbonyl (C=O) groups is 1. The van der Waals surface area contributed by atoms with Gasteiger partial charge in [0, 0.05) is 44.5 Å². The van der Waals surface area contributed by atoms with E-state index >= 15 is 0 Å². The Balaban J connectivity index is 1.51. The van der Waals surface area contributed by atoms with Gasteiger partial charge in [0.05, 0.1) is 14.2 Å². The monoisotopic (exact) mass is 412 g/mol. The molecule has 2 heterocycles. The van der Waals surface area contributed by atoms with Crippen molar-refractivity contribution in [1.82, 2.24) is 14.9 Å². The Hall–Kier alpha value is -2.83. The Morgan fingerprint density at radius 1 is 1.07 bits per heavy atom. The maximum absolute atomic E-state index is 12.8. The molecule has 1 aliphatic rings. The van der Waals surface area contributed by atoms with Gasteiger partial charge in [-0.25, -0.2) is 9.97 Å². The van der Waals surface area contributed by atoms with Crippen molar-refractivity contribution in [2.75, 3.05) is 39.3 Å². The normalized spacial score (nSPS) is 14.5. The van der Waals surface area contributed by atoms with E-state index in [0.717, 1.165) is 48.8 Å². The molecule has 30 heavy (non-hydrogen) atoms. The smallest absolute Gasteiger partial charge is 0.225 e. The molecule has 7 nitrogen and oxygen atoms in total. The van der Waals surface area contributed by atoms with Gasteiger partial charge in [0.1, 0.15) is 0 Å². The van der Waals surface area contributed by atoms with E-state index in [4.69, 9.17) is 9.47 Å². The van der Waals surface area contributed by atoms with Gasteiger partial charge in [-0.3, -0.25) is 4.79 Å². The molecule has 7 heteroatoms. The van der Waals surface area contributed by atoms with E-state index in [1.54, 1.807) is 19.1 Å². The highest BCUT2D eigenvalue weighted by Gasteiger charge is 2.24. The van der Waals surface area contributed by atoms with Crippen molar-refractivity contribution in [3.8, 4) is 11.5 Å². The van der Waals surface area contributed by atoms with Gasteiger partial charge in [0.2, 0.25) is 11.9 Å². The third-order valence-corrected chi connectivity index (χ3v) is 5.62. The van der Waals surface area contributed by atoms with Crippen LogP contribution in [0.15, 0.2) is 24.3 Å². The molecule has 0 N–H and O–H groups in total. The highest BCUT2D eigenvalue weighted by molar-refractivity contribution is 5.76. The molecule has 0 bridgehead atoms. The maximum Gasteiger partial charge on any atom is 0.225 e. The fraction of sp³-hybridized carbons (Fsp3) is 0.522. The van der Waals surface area contributed by atoms with E-state index in [1.807, 2.05) is 45.2 Å². The maximum atomic E-state index is 12.8. The molecule has 0 unspecified atom stereocenters. The second kappa shape index (κ2) is 9.78. The molecule has 3 rings (SSSR count). The summed E-state index contributed by atoms with van der Waals surface area (Å²) < 4.78 is 10.6. The number of piperidine rings is 1. The highest BCUT2D eigenvalue weighted by Crippen LogP contribution is 2.28. The SMILES string of the molecule is COc1ccc(CN(C)C(=O)CC2CCN(c3nc(C)cc(C)n3)CC2)cc1OC. The minimum absolute atomic E-state index is 0.172. The van der Waals surface area contributed by atoms with Crippen LogP contribution in [0, 0.1) is 19.8 Å². The van der Waals surface area contributed by atoms with Crippen molar-refractivity contribution in [3.63, 3.8) is 0 Å². The molecule has 1 saturated heterocycles. The molecule has 1 fully saturated rings. The molecule has 0 saturated carbocycles. The van der Waals surface area contributed by atoms with E-state index in [9.17, 15) is 4.79 Å². The Kier molecular flexibility index (Phi) is 7.13. The van der Waals surface area contributed by atoms with Gasteiger partial charge in [-0.05, 0) is 56.4 Å².